The van der Waals surface area contributed by atoms with Gasteiger partial charge >= 0.3 is 12.2 Å². The highest BCUT2D eigenvalue weighted by Gasteiger charge is 2.43. The van der Waals surface area contributed by atoms with Crippen LogP contribution in [0.3, 0.4) is 0 Å². The van der Waals surface area contributed by atoms with Gasteiger partial charge in [-0.2, -0.15) is 18.4 Å². The van der Waals surface area contributed by atoms with E-state index in [1.54, 1.807) is 15.9 Å². The van der Waals surface area contributed by atoms with Crippen LogP contribution in [-0.2, 0) is 11.0 Å². The Labute approximate surface area is 198 Å². The van der Waals surface area contributed by atoms with E-state index in [0.29, 0.717) is 50.6 Å². The highest BCUT2D eigenvalue weighted by Crippen LogP contribution is 2.40. The van der Waals surface area contributed by atoms with Crippen LogP contribution in [0.1, 0.15) is 44.2 Å². The number of amides is 3. The molecule has 0 aliphatic carbocycles. The number of hydrogen-bond acceptors (Lipinski definition) is 4. The second-order valence-corrected chi connectivity index (χ2v) is 9.66. The maximum absolute atomic E-state index is 13.4. The lowest BCUT2D eigenvalue weighted by Crippen LogP contribution is -2.46. The van der Waals surface area contributed by atoms with Crippen molar-refractivity contribution in [2.45, 2.75) is 39.3 Å². The Morgan fingerprint density at radius 2 is 1.91 bits per heavy atom. The molecule has 0 bridgehead atoms. The first-order valence-corrected chi connectivity index (χ1v) is 11.7. The van der Waals surface area contributed by atoms with Gasteiger partial charge in [0.25, 0.3) is 0 Å². The molecule has 3 rings (SSSR count). The third kappa shape index (κ3) is 5.93. The monoisotopic (exact) mass is 479 g/mol. The largest absolute Gasteiger partial charge is 0.417 e. The molecule has 0 saturated carbocycles. The van der Waals surface area contributed by atoms with Crippen LogP contribution in [0.5, 0.6) is 0 Å². The van der Waals surface area contributed by atoms with Gasteiger partial charge in [-0.05, 0) is 55.2 Å². The van der Waals surface area contributed by atoms with Crippen molar-refractivity contribution in [2.75, 3.05) is 37.6 Å². The van der Waals surface area contributed by atoms with Gasteiger partial charge in [0, 0.05) is 38.4 Å². The molecule has 186 valence electrons. The lowest BCUT2D eigenvalue weighted by molar-refractivity contribution is -0.137. The number of nitriles is 1. The molecular weight excluding hydrogens is 447 g/mol. The van der Waals surface area contributed by atoms with Gasteiger partial charge in [0.05, 0.1) is 23.1 Å². The Hall–Kier alpha value is -2.96. The molecule has 7 nitrogen and oxygen atoms in total. The third-order valence-corrected chi connectivity index (χ3v) is 6.95. The number of piperidine rings is 1. The molecule has 0 aromatic heterocycles. The van der Waals surface area contributed by atoms with Crippen LogP contribution in [0.25, 0.3) is 0 Å². The second-order valence-electron chi connectivity index (χ2n) is 9.66. The number of urea groups is 1. The number of nitrogens with one attached hydrogen (secondary N) is 1. The molecule has 0 radical (unpaired) electrons. The maximum Gasteiger partial charge on any atom is 0.417 e. The quantitative estimate of drug-likeness (QED) is 0.651. The van der Waals surface area contributed by atoms with E-state index in [1.807, 2.05) is 0 Å². The maximum atomic E-state index is 13.4. The Bertz CT molecular complexity index is 936. The number of nitrogens with zero attached hydrogens (tertiary/aromatic N) is 3. The zero-order valence-electron chi connectivity index (χ0n) is 19.6. The van der Waals surface area contributed by atoms with Crippen molar-refractivity contribution in [1.29, 1.82) is 5.26 Å². The predicted molar refractivity (Wildman–Crippen MR) is 122 cm³/mol. The molecule has 2 heterocycles. The Kier molecular flexibility index (Phi) is 7.95. The zero-order chi connectivity index (χ0) is 25.0. The minimum atomic E-state index is -4.65. The average Bonchev–Trinajstić information content (AvgIpc) is 3.24. The van der Waals surface area contributed by atoms with E-state index in [0.717, 1.165) is 12.5 Å². The van der Waals surface area contributed by atoms with Crippen LogP contribution < -0.4 is 16.0 Å². The van der Waals surface area contributed by atoms with Gasteiger partial charge in [0.1, 0.15) is 0 Å². The highest BCUT2D eigenvalue weighted by molar-refractivity contribution is 5.79. The van der Waals surface area contributed by atoms with Crippen LogP contribution in [0.2, 0.25) is 0 Å². The molecular formula is C24H32F3N5O2. The number of nitrogens with two attached hydrogens (primary N) is 1. The molecule has 0 unspecified atom stereocenters. The first kappa shape index (κ1) is 25.7. The van der Waals surface area contributed by atoms with Gasteiger partial charge in [0.2, 0.25) is 5.91 Å². The molecule has 2 atom stereocenters. The summed E-state index contributed by atoms with van der Waals surface area (Å²) in [6.45, 7) is 6.59. The van der Waals surface area contributed by atoms with E-state index < -0.39 is 29.1 Å². The molecule has 34 heavy (non-hydrogen) atoms. The molecule has 2 fully saturated rings. The number of anilines is 1. The summed E-state index contributed by atoms with van der Waals surface area (Å²) >= 11 is 0. The van der Waals surface area contributed by atoms with E-state index in [9.17, 15) is 22.8 Å². The molecule has 2 aliphatic heterocycles. The van der Waals surface area contributed by atoms with Crippen LogP contribution in [0.15, 0.2) is 18.2 Å². The van der Waals surface area contributed by atoms with E-state index in [4.69, 9.17) is 11.0 Å². The van der Waals surface area contributed by atoms with Gasteiger partial charge in [-0.25, -0.2) is 4.79 Å². The highest BCUT2D eigenvalue weighted by atomic mass is 19.4. The number of carbonyl (C=O) groups is 2. The first-order chi connectivity index (χ1) is 16.0. The van der Waals surface area contributed by atoms with Gasteiger partial charge in [-0.3, -0.25) is 4.79 Å². The standard InChI is InChI=1S/C24H32F3N5O2/c1-15(2)5-8-30-23(34)31-9-6-16(7-10-31)19-13-32(14-20(19)22(29)33)18-4-3-17(12-28)21(11-18)24(25,26)27/h3-4,11,15-16,19-20H,5-10,13-14H2,1-2H3,(H2,29,33)(H,30,34)/t19-,20+/m0/s1. The summed E-state index contributed by atoms with van der Waals surface area (Å²) in [5, 5.41) is 12.0. The van der Waals surface area contributed by atoms with Crippen molar-refractivity contribution in [3.05, 3.63) is 29.3 Å². The number of hydrogen-bond donors (Lipinski definition) is 2. The number of benzene rings is 1. The number of likely N-dealkylation sites (tertiary alicyclic amines) is 1. The fourth-order valence-corrected chi connectivity index (χ4v) is 4.99. The van der Waals surface area contributed by atoms with Gasteiger partial charge in [-0.1, -0.05) is 13.8 Å². The Balaban J connectivity index is 1.67. The van der Waals surface area contributed by atoms with Gasteiger partial charge in [-0.15, -0.1) is 0 Å². The predicted octanol–water partition coefficient (Wildman–Crippen LogP) is 3.58. The number of primary amides is 1. The van der Waals surface area contributed by atoms with Gasteiger partial charge < -0.3 is 20.9 Å². The topological polar surface area (TPSA) is 102 Å². The van der Waals surface area contributed by atoms with Crippen molar-refractivity contribution >= 4 is 17.6 Å². The minimum Gasteiger partial charge on any atom is -0.370 e. The number of alkyl halides is 3. The molecule has 1 aromatic rings. The molecule has 10 heteroatoms. The van der Waals surface area contributed by atoms with Crippen molar-refractivity contribution in [1.82, 2.24) is 10.2 Å². The van der Waals surface area contributed by atoms with Crippen molar-refractivity contribution in [3.63, 3.8) is 0 Å². The van der Waals surface area contributed by atoms with E-state index in [1.165, 1.54) is 12.1 Å². The van der Waals surface area contributed by atoms with Crippen LogP contribution in [-0.4, -0.2) is 49.6 Å². The summed E-state index contributed by atoms with van der Waals surface area (Å²) in [4.78, 5) is 28.1. The van der Waals surface area contributed by atoms with Crippen molar-refractivity contribution in [3.8, 4) is 6.07 Å². The summed E-state index contributed by atoms with van der Waals surface area (Å²) in [5.41, 5.74) is 4.58. The van der Waals surface area contributed by atoms with E-state index >= 15 is 0 Å². The number of rotatable bonds is 6. The van der Waals surface area contributed by atoms with Crippen LogP contribution in [0, 0.1) is 35.0 Å². The summed E-state index contributed by atoms with van der Waals surface area (Å²) in [6, 6.07) is 5.13. The average molecular weight is 480 g/mol. The van der Waals surface area contributed by atoms with Gasteiger partial charge in [0.15, 0.2) is 0 Å². The first-order valence-electron chi connectivity index (χ1n) is 11.7. The van der Waals surface area contributed by atoms with Crippen LogP contribution >= 0.6 is 0 Å². The fraction of sp³-hybridized carbons (Fsp3) is 0.625. The SMILES string of the molecule is CC(C)CCNC(=O)N1CCC([C@@H]2CN(c3ccc(C#N)c(C(F)(F)F)c3)C[C@H]2C(N)=O)CC1. The Morgan fingerprint density at radius 1 is 1.24 bits per heavy atom. The lowest BCUT2D eigenvalue weighted by Gasteiger charge is -2.36. The second kappa shape index (κ2) is 10.5. The summed E-state index contributed by atoms with van der Waals surface area (Å²) in [7, 11) is 0. The fourth-order valence-electron chi connectivity index (χ4n) is 4.99. The summed E-state index contributed by atoms with van der Waals surface area (Å²) in [5.74, 6) is -0.408. The normalized spacial score (nSPS) is 21.6. The smallest absolute Gasteiger partial charge is 0.370 e. The molecule has 1 aromatic carbocycles. The molecule has 0 spiro atoms. The van der Waals surface area contributed by atoms with Crippen molar-refractivity contribution in [2.24, 2.45) is 29.4 Å². The number of halogens is 3. The summed E-state index contributed by atoms with van der Waals surface area (Å²) < 4.78 is 40.2. The van der Waals surface area contributed by atoms with Crippen LogP contribution in [0.4, 0.5) is 23.7 Å². The molecule has 2 aliphatic rings. The zero-order valence-corrected chi connectivity index (χ0v) is 19.6. The molecule has 3 N–H and O–H groups in total. The molecule has 2 saturated heterocycles. The Morgan fingerprint density at radius 3 is 2.47 bits per heavy atom. The van der Waals surface area contributed by atoms with E-state index in [-0.39, 0.29) is 24.4 Å². The third-order valence-electron chi connectivity index (χ3n) is 6.95. The van der Waals surface area contributed by atoms with Crippen molar-refractivity contribution < 1.29 is 22.8 Å². The van der Waals surface area contributed by atoms with E-state index in [2.05, 4.69) is 19.2 Å². The molecule has 3 amide bonds. The number of carbonyl (C=O) groups excluding carboxylic acids is 2. The lowest BCUT2D eigenvalue weighted by atomic mass is 9.78. The summed E-state index contributed by atoms with van der Waals surface area (Å²) in [6.07, 6.45) is -2.32. The minimum absolute atomic E-state index is 0.0872.